The first-order valence-electron chi connectivity index (χ1n) is 6.63. The van der Waals surface area contributed by atoms with Crippen LogP contribution in [0.2, 0.25) is 0 Å². The lowest BCUT2D eigenvalue weighted by Crippen LogP contribution is -2.21. The van der Waals surface area contributed by atoms with Gasteiger partial charge in [-0.1, -0.05) is 51.1 Å². The van der Waals surface area contributed by atoms with Gasteiger partial charge in [-0.05, 0) is 38.2 Å². The van der Waals surface area contributed by atoms with E-state index in [2.05, 4.69) is 44.2 Å². The van der Waals surface area contributed by atoms with Crippen LogP contribution in [0.3, 0.4) is 0 Å². The lowest BCUT2D eigenvalue weighted by atomic mass is 9.91. The molecule has 0 aliphatic heterocycles. The molecule has 1 aromatic rings. The highest BCUT2D eigenvalue weighted by atomic mass is 19.0. The summed E-state index contributed by atoms with van der Waals surface area (Å²) >= 11 is 0. The average Bonchev–Trinajstić information content (AvgIpc) is 2.39. The molecule has 0 fully saturated rings. The molecule has 0 aliphatic carbocycles. The normalized spacial score (nSPS) is 11.6. The quantitative estimate of drug-likeness (QED) is 0.848. The van der Waals surface area contributed by atoms with Crippen LogP contribution in [0.1, 0.15) is 58.9 Å². The van der Waals surface area contributed by atoms with Crippen molar-refractivity contribution in [2.24, 2.45) is 5.41 Å². The molecule has 110 valence electrons. The molecule has 0 saturated carbocycles. The van der Waals surface area contributed by atoms with Gasteiger partial charge in [-0.15, -0.1) is 0 Å². The highest BCUT2D eigenvalue weighted by molar-refractivity contribution is 5.73. The zero-order valence-electron chi connectivity index (χ0n) is 12.6. The minimum absolute atomic E-state index is 0. The largest absolute Gasteiger partial charge is 0.481 e. The van der Waals surface area contributed by atoms with Crippen molar-refractivity contribution < 1.29 is 14.6 Å². The maximum atomic E-state index is 10.3. The molecular formula is C16H27FO2. The Hall–Kier alpha value is -1.38. The molecule has 0 aliphatic rings. The number of aliphatic carboxylic acids is 1. The molecule has 0 spiro atoms. The van der Waals surface area contributed by atoms with Crippen LogP contribution in [0.5, 0.6) is 0 Å². The fourth-order valence-corrected chi connectivity index (χ4v) is 1.17. The zero-order chi connectivity index (χ0) is 14.2. The van der Waals surface area contributed by atoms with E-state index in [1.54, 1.807) is 13.8 Å². The van der Waals surface area contributed by atoms with Crippen molar-refractivity contribution in [2.45, 2.75) is 53.4 Å². The van der Waals surface area contributed by atoms with Gasteiger partial charge in [0.05, 0.1) is 5.41 Å². The molecule has 0 bridgehead atoms. The molecule has 1 rings (SSSR count). The number of hydrogen-bond donors (Lipinski definition) is 1. The van der Waals surface area contributed by atoms with Gasteiger partial charge in [0.1, 0.15) is 0 Å². The topological polar surface area (TPSA) is 37.3 Å². The van der Waals surface area contributed by atoms with E-state index < -0.39 is 11.4 Å². The van der Waals surface area contributed by atoms with Gasteiger partial charge in [-0.2, -0.15) is 0 Å². The number of carboxylic acids is 1. The first kappa shape index (κ1) is 19.9. The van der Waals surface area contributed by atoms with Gasteiger partial charge in [0.2, 0.25) is 0 Å². The number of benzene rings is 1. The van der Waals surface area contributed by atoms with Crippen LogP contribution in [-0.2, 0) is 4.79 Å². The Labute approximate surface area is 116 Å². The van der Waals surface area contributed by atoms with E-state index in [4.69, 9.17) is 5.11 Å². The summed E-state index contributed by atoms with van der Waals surface area (Å²) in [7, 11) is 0. The second-order valence-electron chi connectivity index (χ2n) is 5.26. The number of carbonyl (C=O) groups is 1. The minimum atomic E-state index is -0.722. The van der Waals surface area contributed by atoms with Gasteiger partial charge in [0.15, 0.2) is 0 Å². The van der Waals surface area contributed by atoms with Gasteiger partial charge < -0.3 is 5.11 Å². The van der Waals surface area contributed by atoms with Crippen LogP contribution in [0.4, 0.5) is 4.70 Å². The summed E-state index contributed by atoms with van der Waals surface area (Å²) in [6, 6.07) is 10.6. The Morgan fingerprint density at radius 1 is 1.21 bits per heavy atom. The predicted molar refractivity (Wildman–Crippen MR) is 79.4 cm³/mol. The Morgan fingerprint density at radius 2 is 1.68 bits per heavy atom. The maximum absolute atomic E-state index is 10.3. The van der Waals surface area contributed by atoms with E-state index in [1.807, 2.05) is 6.92 Å². The van der Waals surface area contributed by atoms with Gasteiger partial charge in [-0.3, -0.25) is 9.50 Å². The third-order valence-corrected chi connectivity index (χ3v) is 3.44. The zero-order valence-corrected chi connectivity index (χ0v) is 12.6. The monoisotopic (exact) mass is 270 g/mol. The summed E-state index contributed by atoms with van der Waals surface area (Å²) in [6.07, 6.45) is 1.91. The predicted octanol–water partition coefficient (Wildman–Crippen LogP) is 4.86. The molecular weight excluding hydrogens is 243 g/mol. The lowest BCUT2D eigenvalue weighted by molar-refractivity contribution is -0.147. The summed E-state index contributed by atoms with van der Waals surface area (Å²) in [5.74, 6) is -0.0128. The highest BCUT2D eigenvalue weighted by Gasteiger charge is 2.23. The number of halogens is 1. The second-order valence-corrected chi connectivity index (χ2v) is 5.26. The molecule has 1 N–H and O–H groups in total. The van der Waals surface area contributed by atoms with Crippen LogP contribution >= 0.6 is 0 Å². The van der Waals surface area contributed by atoms with Gasteiger partial charge >= 0.3 is 5.97 Å². The Morgan fingerprint density at radius 3 is 1.95 bits per heavy atom. The fraction of sp³-hybridized carbons (Fsp3) is 0.562. The van der Waals surface area contributed by atoms with Crippen molar-refractivity contribution in [3.63, 3.8) is 0 Å². The third-order valence-electron chi connectivity index (χ3n) is 3.44. The molecule has 1 unspecified atom stereocenters. The summed E-state index contributed by atoms with van der Waals surface area (Å²) in [6.45, 7) is 9.78. The SMILES string of the molecule is CCC(C)(C)C(=O)O.CCC(C)c1ccccc1.F. The summed E-state index contributed by atoms with van der Waals surface area (Å²) in [4.78, 5) is 10.3. The highest BCUT2D eigenvalue weighted by Crippen LogP contribution is 2.18. The van der Waals surface area contributed by atoms with Crippen molar-refractivity contribution in [3.8, 4) is 0 Å². The Kier molecular flexibility index (Phi) is 10.0. The molecule has 2 nitrogen and oxygen atoms in total. The van der Waals surface area contributed by atoms with Gasteiger partial charge in [0, 0.05) is 0 Å². The first-order chi connectivity index (χ1) is 8.35. The van der Waals surface area contributed by atoms with Crippen LogP contribution in [-0.4, -0.2) is 11.1 Å². The fourth-order valence-electron chi connectivity index (χ4n) is 1.17. The molecule has 3 heteroatoms. The van der Waals surface area contributed by atoms with Crippen LogP contribution in [0, 0.1) is 5.41 Å². The van der Waals surface area contributed by atoms with Gasteiger partial charge in [0.25, 0.3) is 0 Å². The first-order valence-corrected chi connectivity index (χ1v) is 6.63. The van der Waals surface area contributed by atoms with Crippen molar-refractivity contribution >= 4 is 5.97 Å². The number of rotatable bonds is 4. The number of carboxylic acid groups (broad SMARTS) is 1. The molecule has 0 aromatic heterocycles. The van der Waals surface area contributed by atoms with E-state index in [9.17, 15) is 4.79 Å². The number of hydrogen-bond acceptors (Lipinski definition) is 1. The van der Waals surface area contributed by atoms with E-state index >= 15 is 0 Å². The molecule has 19 heavy (non-hydrogen) atoms. The molecule has 1 aromatic carbocycles. The van der Waals surface area contributed by atoms with Crippen LogP contribution < -0.4 is 0 Å². The standard InChI is InChI=1S/C10H14.C6H12O2.FH/c1-3-9(2)10-7-5-4-6-8-10;1-4-6(2,3)5(7)8;/h4-9H,3H2,1-2H3;4H2,1-3H3,(H,7,8);1H. The van der Waals surface area contributed by atoms with E-state index in [-0.39, 0.29) is 4.70 Å². The molecule has 0 amide bonds. The molecule has 0 radical (unpaired) electrons. The van der Waals surface area contributed by atoms with E-state index in [0.29, 0.717) is 12.3 Å². The smallest absolute Gasteiger partial charge is 0.309 e. The minimum Gasteiger partial charge on any atom is -0.481 e. The Bertz CT molecular complexity index is 347. The van der Waals surface area contributed by atoms with Crippen molar-refractivity contribution in [2.75, 3.05) is 0 Å². The molecule has 0 heterocycles. The van der Waals surface area contributed by atoms with Crippen molar-refractivity contribution in [1.82, 2.24) is 0 Å². The van der Waals surface area contributed by atoms with Gasteiger partial charge in [-0.25, -0.2) is 0 Å². The van der Waals surface area contributed by atoms with Crippen molar-refractivity contribution in [3.05, 3.63) is 35.9 Å². The maximum Gasteiger partial charge on any atom is 0.309 e. The van der Waals surface area contributed by atoms with E-state index in [0.717, 1.165) is 0 Å². The van der Waals surface area contributed by atoms with Crippen LogP contribution in [0.15, 0.2) is 30.3 Å². The summed E-state index contributed by atoms with van der Waals surface area (Å²) in [5, 5.41) is 8.44. The average molecular weight is 270 g/mol. The summed E-state index contributed by atoms with van der Waals surface area (Å²) < 4.78 is 0. The van der Waals surface area contributed by atoms with Crippen molar-refractivity contribution in [1.29, 1.82) is 0 Å². The van der Waals surface area contributed by atoms with Crippen LogP contribution in [0.25, 0.3) is 0 Å². The Balaban J connectivity index is 0. The molecule has 0 saturated heterocycles. The summed E-state index contributed by atoms with van der Waals surface area (Å²) in [5.41, 5.74) is 0.907. The lowest BCUT2D eigenvalue weighted by Gasteiger charge is -2.14. The molecule has 1 atom stereocenters. The third kappa shape index (κ3) is 7.60. The second kappa shape index (κ2) is 9.54. The van der Waals surface area contributed by atoms with E-state index in [1.165, 1.54) is 12.0 Å².